The van der Waals surface area contributed by atoms with Crippen molar-refractivity contribution < 1.29 is 14.3 Å². The minimum Gasteiger partial charge on any atom is -0.356 e. The minimum atomic E-state index is -0.159. The molecular formula is C15H21NO3. The van der Waals surface area contributed by atoms with E-state index < -0.39 is 0 Å². The van der Waals surface area contributed by atoms with Gasteiger partial charge in [0.25, 0.3) is 0 Å². The van der Waals surface area contributed by atoms with Crippen LogP contribution in [0.4, 0.5) is 0 Å². The first-order valence-electron chi connectivity index (χ1n) is 6.79. The largest absolute Gasteiger partial charge is 0.356 e. The molecule has 0 aromatic heterocycles. The van der Waals surface area contributed by atoms with Crippen molar-refractivity contribution in [3.8, 4) is 0 Å². The topological polar surface area (TPSA) is 47.6 Å². The fraction of sp³-hybridized carbons (Fsp3) is 0.533. The van der Waals surface area contributed by atoms with Gasteiger partial charge in [-0.3, -0.25) is 4.79 Å². The summed E-state index contributed by atoms with van der Waals surface area (Å²) in [5, 5.41) is 2.90. The van der Waals surface area contributed by atoms with E-state index in [9.17, 15) is 4.79 Å². The van der Waals surface area contributed by atoms with E-state index in [1.165, 1.54) is 5.56 Å². The van der Waals surface area contributed by atoms with Gasteiger partial charge in [0.05, 0.1) is 19.6 Å². The van der Waals surface area contributed by atoms with Crippen LogP contribution in [0.2, 0.25) is 0 Å². The van der Waals surface area contributed by atoms with Crippen LogP contribution in [0.1, 0.15) is 24.0 Å². The molecule has 19 heavy (non-hydrogen) atoms. The maximum Gasteiger partial charge on any atom is 0.224 e. The van der Waals surface area contributed by atoms with Crippen molar-refractivity contribution >= 4 is 5.91 Å². The Balaban J connectivity index is 1.67. The van der Waals surface area contributed by atoms with E-state index in [0.29, 0.717) is 19.4 Å². The molecule has 1 aromatic carbocycles. The number of carbonyl (C=O) groups excluding carboxylic acids is 1. The number of ether oxygens (including phenoxy) is 2. The van der Waals surface area contributed by atoms with E-state index in [1.54, 1.807) is 0 Å². The number of nitrogens with one attached hydrogen (secondary N) is 1. The standard InChI is InChI=1S/C15H21NO3/c1-12-4-2-5-13(10-12)11-14(17)16-7-6-15-18-8-3-9-19-15/h2,4-5,10,15H,3,6-9,11H2,1H3,(H,16,17). The van der Waals surface area contributed by atoms with E-state index in [1.807, 2.05) is 31.2 Å². The molecule has 4 heteroatoms. The zero-order valence-electron chi connectivity index (χ0n) is 11.4. The average molecular weight is 263 g/mol. The molecule has 0 unspecified atom stereocenters. The molecule has 1 aliphatic rings. The van der Waals surface area contributed by atoms with Crippen LogP contribution in [0.25, 0.3) is 0 Å². The smallest absolute Gasteiger partial charge is 0.224 e. The third-order valence-electron chi connectivity index (χ3n) is 3.05. The SMILES string of the molecule is Cc1cccc(CC(=O)NCCC2OCCCO2)c1. The lowest BCUT2D eigenvalue weighted by atomic mass is 10.1. The first kappa shape index (κ1) is 14.0. The molecule has 0 radical (unpaired) electrons. The third kappa shape index (κ3) is 5.01. The number of amides is 1. The average Bonchev–Trinajstić information content (AvgIpc) is 2.40. The Morgan fingerprint density at radius 3 is 2.89 bits per heavy atom. The van der Waals surface area contributed by atoms with E-state index in [-0.39, 0.29) is 12.2 Å². The van der Waals surface area contributed by atoms with Crippen LogP contribution < -0.4 is 5.32 Å². The molecule has 2 rings (SSSR count). The lowest BCUT2D eigenvalue weighted by Crippen LogP contribution is -2.32. The molecule has 1 aliphatic heterocycles. The summed E-state index contributed by atoms with van der Waals surface area (Å²) >= 11 is 0. The first-order valence-corrected chi connectivity index (χ1v) is 6.79. The molecule has 1 saturated heterocycles. The van der Waals surface area contributed by atoms with Gasteiger partial charge >= 0.3 is 0 Å². The lowest BCUT2D eigenvalue weighted by molar-refractivity contribution is -0.180. The van der Waals surface area contributed by atoms with Gasteiger partial charge in [0.15, 0.2) is 6.29 Å². The zero-order chi connectivity index (χ0) is 13.5. The van der Waals surface area contributed by atoms with Gasteiger partial charge in [0.2, 0.25) is 5.91 Å². The summed E-state index contributed by atoms with van der Waals surface area (Å²) < 4.78 is 10.8. The van der Waals surface area contributed by atoms with Crippen molar-refractivity contribution in [2.24, 2.45) is 0 Å². The molecule has 0 aliphatic carbocycles. The Morgan fingerprint density at radius 2 is 2.16 bits per heavy atom. The summed E-state index contributed by atoms with van der Waals surface area (Å²) in [6.07, 6.45) is 1.93. The van der Waals surface area contributed by atoms with Crippen LogP contribution in [-0.2, 0) is 20.7 Å². The predicted molar refractivity (Wildman–Crippen MR) is 72.8 cm³/mol. The Bertz CT molecular complexity index is 414. The van der Waals surface area contributed by atoms with Crippen LogP contribution in [0.5, 0.6) is 0 Å². The van der Waals surface area contributed by atoms with Crippen molar-refractivity contribution in [3.05, 3.63) is 35.4 Å². The highest BCUT2D eigenvalue weighted by molar-refractivity contribution is 5.78. The van der Waals surface area contributed by atoms with Gasteiger partial charge in [-0.1, -0.05) is 29.8 Å². The molecule has 1 aromatic rings. The van der Waals surface area contributed by atoms with Gasteiger partial charge in [0, 0.05) is 13.0 Å². The fourth-order valence-corrected chi connectivity index (χ4v) is 2.10. The summed E-state index contributed by atoms with van der Waals surface area (Å²) in [5.74, 6) is 0.0430. The van der Waals surface area contributed by atoms with E-state index >= 15 is 0 Å². The molecule has 0 saturated carbocycles. The van der Waals surface area contributed by atoms with Crippen LogP contribution >= 0.6 is 0 Å². The Morgan fingerprint density at radius 1 is 1.37 bits per heavy atom. The molecule has 0 bridgehead atoms. The van der Waals surface area contributed by atoms with Crippen LogP contribution in [-0.4, -0.2) is 32.0 Å². The van der Waals surface area contributed by atoms with Gasteiger partial charge in [-0.2, -0.15) is 0 Å². The summed E-state index contributed by atoms with van der Waals surface area (Å²) in [5.41, 5.74) is 2.22. The van der Waals surface area contributed by atoms with Gasteiger partial charge in [-0.25, -0.2) is 0 Å². The first-order chi connectivity index (χ1) is 9.24. The number of benzene rings is 1. The van der Waals surface area contributed by atoms with Gasteiger partial charge in [0.1, 0.15) is 0 Å². The van der Waals surface area contributed by atoms with Crippen LogP contribution in [0.15, 0.2) is 24.3 Å². The number of hydrogen-bond donors (Lipinski definition) is 1. The van der Waals surface area contributed by atoms with E-state index in [2.05, 4.69) is 5.32 Å². The second-order valence-corrected chi connectivity index (χ2v) is 4.83. The molecule has 1 amide bonds. The van der Waals surface area contributed by atoms with E-state index in [4.69, 9.17) is 9.47 Å². The number of hydrogen-bond acceptors (Lipinski definition) is 3. The zero-order valence-corrected chi connectivity index (χ0v) is 11.4. The Hall–Kier alpha value is -1.39. The highest BCUT2D eigenvalue weighted by Gasteiger charge is 2.14. The Kier molecular flexibility index (Phi) is 5.36. The second kappa shape index (κ2) is 7.26. The highest BCUT2D eigenvalue weighted by Crippen LogP contribution is 2.08. The maximum atomic E-state index is 11.8. The summed E-state index contributed by atoms with van der Waals surface area (Å²) in [4.78, 5) is 11.8. The highest BCUT2D eigenvalue weighted by atomic mass is 16.7. The van der Waals surface area contributed by atoms with Crippen LogP contribution in [0, 0.1) is 6.92 Å². The summed E-state index contributed by atoms with van der Waals surface area (Å²) in [6.45, 7) is 4.12. The normalized spacial score (nSPS) is 16.3. The third-order valence-corrected chi connectivity index (χ3v) is 3.05. The molecule has 1 fully saturated rings. The van der Waals surface area contributed by atoms with Crippen molar-refractivity contribution in [2.75, 3.05) is 19.8 Å². The van der Waals surface area contributed by atoms with Gasteiger partial charge in [-0.15, -0.1) is 0 Å². The fourth-order valence-electron chi connectivity index (χ4n) is 2.10. The predicted octanol–water partition coefficient (Wildman–Crippen LogP) is 1.81. The molecule has 4 nitrogen and oxygen atoms in total. The van der Waals surface area contributed by atoms with Crippen LogP contribution in [0.3, 0.4) is 0 Å². The maximum absolute atomic E-state index is 11.8. The Labute approximate surface area is 114 Å². The minimum absolute atomic E-state index is 0.0430. The second-order valence-electron chi connectivity index (χ2n) is 4.83. The number of rotatable bonds is 5. The van der Waals surface area contributed by atoms with Crippen molar-refractivity contribution in [2.45, 2.75) is 32.5 Å². The monoisotopic (exact) mass is 263 g/mol. The molecular weight excluding hydrogens is 242 g/mol. The van der Waals surface area contributed by atoms with E-state index in [0.717, 1.165) is 25.2 Å². The molecule has 0 spiro atoms. The molecule has 1 heterocycles. The summed E-state index contributed by atoms with van der Waals surface area (Å²) in [6, 6.07) is 8.01. The lowest BCUT2D eigenvalue weighted by Gasteiger charge is -2.23. The van der Waals surface area contributed by atoms with Gasteiger partial charge in [-0.05, 0) is 18.9 Å². The van der Waals surface area contributed by atoms with Crippen molar-refractivity contribution in [1.29, 1.82) is 0 Å². The quantitative estimate of drug-likeness (QED) is 0.881. The van der Waals surface area contributed by atoms with Gasteiger partial charge < -0.3 is 14.8 Å². The molecule has 1 N–H and O–H groups in total. The summed E-state index contributed by atoms with van der Waals surface area (Å²) in [7, 11) is 0. The van der Waals surface area contributed by atoms with Crippen molar-refractivity contribution in [3.63, 3.8) is 0 Å². The number of aryl methyl sites for hydroxylation is 1. The molecule has 104 valence electrons. The molecule has 0 atom stereocenters. The van der Waals surface area contributed by atoms with Crippen molar-refractivity contribution in [1.82, 2.24) is 5.32 Å². The number of carbonyl (C=O) groups is 1.